The van der Waals surface area contributed by atoms with Crippen molar-refractivity contribution in [3.63, 3.8) is 0 Å². The molecule has 4 rings (SSSR count). The Balaban J connectivity index is 1.91. The number of benzene rings is 2. The number of aliphatic hydroxyl groups excluding tert-OH is 1. The number of H-pyrrole nitrogens is 2. The Hall–Kier alpha value is -3.75. The predicted octanol–water partition coefficient (Wildman–Crippen LogP) is 1.13. The number of aromatic nitrogens is 3. The van der Waals surface area contributed by atoms with E-state index in [0.29, 0.717) is 33.4 Å². The minimum Gasteiger partial charge on any atom is -0.392 e. The van der Waals surface area contributed by atoms with Gasteiger partial charge in [-0.2, -0.15) is 0 Å². The zero-order valence-electron chi connectivity index (χ0n) is 15.2. The summed E-state index contributed by atoms with van der Waals surface area (Å²) in [7, 11) is 0. The highest BCUT2D eigenvalue weighted by Crippen LogP contribution is 2.34. The number of aliphatic hydroxyl groups is 2. The fraction of sp³-hybridized carbons (Fsp3) is 0.0952. The first-order chi connectivity index (χ1) is 13.9. The zero-order chi connectivity index (χ0) is 20.6. The largest absolute Gasteiger partial charge is 0.392 e. The summed E-state index contributed by atoms with van der Waals surface area (Å²) >= 11 is 0. The molecule has 8 nitrogen and oxygen atoms in total. The van der Waals surface area contributed by atoms with Gasteiger partial charge in [0.1, 0.15) is 0 Å². The number of fused-ring (bicyclic) bond motifs is 1. The molecule has 0 aliphatic rings. The molecule has 4 aromatic rings. The maximum absolute atomic E-state index is 12.2. The number of hydrogen-bond donors (Lipinski definition) is 5. The first-order valence-corrected chi connectivity index (χ1v) is 8.84. The summed E-state index contributed by atoms with van der Waals surface area (Å²) in [6, 6.07) is 14.8. The van der Waals surface area contributed by atoms with Crippen molar-refractivity contribution in [2.24, 2.45) is 5.73 Å². The van der Waals surface area contributed by atoms with Gasteiger partial charge in [0.2, 0.25) is 0 Å². The van der Waals surface area contributed by atoms with E-state index in [4.69, 9.17) is 5.73 Å². The van der Waals surface area contributed by atoms with Gasteiger partial charge in [-0.05, 0) is 34.4 Å². The SMILES string of the molecule is NC(=O)C(O)(c1ccccc1)c1ccc(-c2ccnc3[nH]c(=O)[nH]c23)c(CO)c1. The number of nitrogens with two attached hydrogens (primary N) is 1. The predicted molar refractivity (Wildman–Crippen MR) is 107 cm³/mol. The molecule has 0 spiro atoms. The number of pyridine rings is 1. The van der Waals surface area contributed by atoms with Crippen molar-refractivity contribution in [1.29, 1.82) is 0 Å². The summed E-state index contributed by atoms with van der Waals surface area (Å²) in [6.45, 7) is -0.356. The lowest BCUT2D eigenvalue weighted by Gasteiger charge is -2.26. The van der Waals surface area contributed by atoms with Crippen LogP contribution in [0.1, 0.15) is 16.7 Å². The first kappa shape index (κ1) is 18.6. The molecule has 0 radical (unpaired) electrons. The summed E-state index contributed by atoms with van der Waals surface area (Å²) in [5, 5.41) is 21.1. The van der Waals surface area contributed by atoms with Crippen molar-refractivity contribution < 1.29 is 15.0 Å². The quantitative estimate of drug-likeness (QED) is 0.347. The third-order valence-corrected chi connectivity index (χ3v) is 4.95. The van der Waals surface area contributed by atoms with E-state index < -0.39 is 17.2 Å². The van der Waals surface area contributed by atoms with Crippen LogP contribution in [0.2, 0.25) is 0 Å². The van der Waals surface area contributed by atoms with E-state index in [-0.39, 0.29) is 12.2 Å². The molecule has 29 heavy (non-hydrogen) atoms. The Kier molecular flexibility index (Phi) is 4.50. The molecule has 2 heterocycles. The number of rotatable bonds is 5. The van der Waals surface area contributed by atoms with Gasteiger partial charge in [-0.25, -0.2) is 9.78 Å². The number of hydrogen-bond acceptors (Lipinski definition) is 5. The highest BCUT2D eigenvalue weighted by Gasteiger charge is 2.38. The molecule has 0 bridgehead atoms. The lowest BCUT2D eigenvalue weighted by Crippen LogP contribution is -2.42. The van der Waals surface area contributed by atoms with Crippen LogP contribution in [0, 0.1) is 0 Å². The lowest BCUT2D eigenvalue weighted by molar-refractivity contribution is -0.133. The van der Waals surface area contributed by atoms with E-state index >= 15 is 0 Å². The molecule has 0 saturated carbocycles. The third kappa shape index (κ3) is 3.00. The molecule has 0 aliphatic heterocycles. The second-order valence-electron chi connectivity index (χ2n) is 6.63. The van der Waals surface area contributed by atoms with Crippen molar-refractivity contribution in [2.75, 3.05) is 0 Å². The van der Waals surface area contributed by atoms with Crippen molar-refractivity contribution in [1.82, 2.24) is 15.0 Å². The van der Waals surface area contributed by atoms with Gasteiger partial charge in [-0.15, -0.1) is 0 Å². The molecule has 2 aromatic carbocycles. The Bertz CT molecular complexity index is 1260. The van der Waals surface area contributed by atoms with Crippen LogP contribution in [0.5, 0.6) is 0 Å². The summed E-state index contributed by atoms with van der Waals surface area (Å²) in [4.78, 5) is 33.3. The van der Waals surface area contributed by atoms with Crippen molar-refractivity contribution in [3.05, 3.63) is 88.0 Å². The smallest absolute Gasteiger partial charge is 0.325 e. The average molecular weight is 390 g/mol. The van der Waals surface area contributed by atoms with E-state index in [9.17, 15) is 19.8 Å². The van der Waals surface area contributed by atoms with Crippen molar-refractivity contribution >= 4 is 17.1 Å². The number of aromatic amines is 2. The normalized spacial score (nSPS) is 13.3. The van der Waals surface area contributed by atoms with Crippen molar-refractivity contribution in [3.8, 4) is 11.1 Å². The number of carbonyl (C=O) groups excluding carboxylic acids is 1. The first-order valence-electron chi connectivity index (χ1n) is 8.84. The number of primary amides is 1. The van der Waals surface area contributed by atoms with Crippen LogP contribution >= 0.6 is 0 Å². The molecule has 0 fully saturated rings. The summed E-state index contributed by atoms with van der Waals surface area (Å²) < 4.78 is 0. The lowest BCUT2D eigenvalue weighted by atomic mass is 9.83. The van der Waals surface area contributed by atoms with Gasteiger partial charge in [0.25, 0.3) is 5.91 Å². The minimum atomic E-state index is -2.06. The van der Waals surface area contributed by atoms with Gasteiger partial charge in [-0.1, -0.05) is 42.5 Å². The molecule has 1 amide bonds. The maximum atomic E-state index is 12.2. The summed E-state index contributed by atoms with van der Waals surface area (Å²) in [5.41, 5.74) is 6.26. The Morgan fingerprint density at radius 3 is 2.48 bits per heavy atom. The van der Waals surface area contributed by atoms with E-state index in [0.717, 1.165) is 0 Å². The van der Waals surface area contributed by atoms with Gasteiger partial charge in [0.05, 0.1) is 12.1 Å². The number of amides is 1. The minimum absolute atomic E-state index is 0.233. The molecule has 8 heteroatoms. The van der Waals surface area contributed by atoms with E-state index in [1.54, 1.807) is 54.7 Å². The molecule has 1 unspecified atom stereocenters. The number of nitrogens with one attached hydrogen (secondary N) is 2. The molecule has 6 N–H and O–H groups in total. The molecule has 2 aromatic heterocycles. The van der Waals surface area contributed by atoms with Crippen LogP contribution in [-0.2, 0) is 17.0 Å². The second kappa shape index (κ2) is 7.01. The molecule has 0 aliphatic carbocycles. The molecule has 146 valence electrons. The topological polar surface area (TPSA) is 145 Å². The third-order valence-electron chi connectivity index (χ3n) is 4.95. The Morgan fingerprint density at radius 2 is 1.79 bits per heavy atom. The van der Waals surface area contributed by atoms with E-state index in [1.807, 2.05) is 0 Å². The maximum Gasteiger partial charge on any atom is 0.325 e. The highest BCUT2D eigenvalue weighted by atomic mass is 16.3. The Morgan fingerprint density at radius 1 is 1.03 bits per heavy atom. The number of carbonyl (C=O) groups is 1. The van der Waals surface area contributed by atoms with E-state index in [1.165, 1.54) is 6.07 Å². The number of nitrogens with zero attached hydrogens (tertiary/aromatic N) is 1. The van der Waals surface area contributed by atoms with Crippen LogP contribution in [0.15, 0.2) is 65.6 Å². The monoisotopic (exact) mass is 390 g/mol. The van der Waals surface area contributed by atoms with Crippen LogP contribution in [0.25, 0.3) is 22.3 Å². The van der Waals surface area contributed by atoms with Crippen LogP contribution in [0.3, 0.4) is 0 Å². The van der Waals surface area contributed by atoms with Gasteiger partial charge in [0.15, 0.2) is 11.2 Å². The molecule has 1 atom stereocenters. The fourth-order valence-electron chi connectivity index (χ4n) is 3.50. The van der Waals surface area contributed by atoms with Crippen molar-refractivity contribution in [2.45, 2.75) is 12.2 Å². The van der Waals surface area contributed by atoms with Gasteiger partial charge in [0, 0.05) is 11.8 Å². The Labute approximate surface area is 164 Å². The second-order valence-corrected chi connectivity index (χ2v) is 6.63. The van der Waals surface area contributed by atoms with Crippen LogP contribution < -0.4 is 11.4 Å². The van der Waals surface area contributed by atoms with Gasteiger partial charge in [-0.3, -0.25) is 9.78 Å². The number of imidazole rings is 1. The fourth-order valence-corrected chi connectivity index (χ4v) is 3.50. The van der Waals surface area contributed by atoms with E-state index in [2.05, 4.69) is 15.0 Å². The summed E-state index contributed by atoms with van der Waals surface area (Å²) in [6.07, 6.45) is 1.54. The van der Waals surface area contributed by atoms with Crippen LogP contribution in [0.4, 0.5) is 0 Å². The standard InChI is InChI=1S/C21H18N4O4/c22-19(27)21(29,13-4-2-1-3-5-13)14-6-7-15(12(10-14)11-26)16-8-9-23-18-17(16)24-20(28)25-18/h1-10,26,29H,11H2,(H2,22,27)(H2,23,24,25,28). The molecular weight excluding hydrogens is 372 g/mol. The molecular formula is C21H18N4O4. The average Bonchev–Trinajstić information content (AvgIpc) is 3.13. The molecule has 0 saturated heterocycles. The van der Waals surface area contributed by atoms with Gasteiger partial charge >= 0.3 is 5.69 Å². The highest BCUT2D eigenvalue weighted by molar-refractivity contribution is 5.92. The van der Waals surface area contributed by atoms with Gasteiger partial charge < -0.3 is 20.9 Å². The zero-order valence-corrected chi connectivity index (χ0v) is 15.2. The van der Waals surface area contributed by atoms with Crippen LogP contribution in [-0.4, -0.2) is 31.1 Å². The summed E-state index contributed by atoms with van der Waals surface area (Å²) in [5.74, 6) is -0.929.